The molecule has 2 aliphatic rings. The summed E-state index contributed by atoms with van der Waals surface area (Å²) in [5.41, 5.74) is 5.64. The van der Waals surface area contributed by atoms with E-state index in [1.807, 2.05) is 0 Å². The van der Waals surface area contributed by atoms with E-state index in [4.69, 9.17) is 0 Å². The van der Waals surface area contributed by atoms with Crippen molar-refractivity contribution in [2.45, 2.75) is 38.1 Å². The Labute approximate surface area is 105 Å². The van der Waals surface area contributed by atoms with Crippen molar-refractivity contribution in [2.75, 3.05) is 6.54 Å². The summed E-state index contributed by atoms with van der Waals surface area (Å²) < 4.78 is 0. The zero-order valence-electron chi connectivity index (χ0n) is 11.0. The van der Waals surface area contributed by atoms with E-state index >= 15 is 0 Å². The van der Waals surface area contributed by atoms with E-state index in [2.05, 4.69) is 60.6 Å². The number of rotatable bonds is 2. The molecule has 1 aromatic rings. The molecule has 3 atom stereocenters. The minimum absolute atomic E-state index is 0.686. The van der Waals surface area contributed by atoms with Crippen molar-refractivity contribution in [1.82, 2.24) is 4.90 Å². The highest BCUT2D eigenvalue weighted by molar-refractivity contribution is 6.80. The van der Waals surface area contributed by atoms with Gasteiger partial charge in [-0.25, -0.2) is 0 Å². The molecule has 0 radical (unpaired) electrons. The van der Waals surface area contributed by atoms with Crippen LogP contribution in [0.3, 0.4) is 0 Å². The Morgan fingerprint density at radius 1 is 1.24 bits per heavy atom. The predicted octanol–water partition coefficient (Wildman–Crippen LogP) is 3.40. The third kappa shape index (κ3) is 2.12. The molecule has 1 fully saturated rings. The molecule has 1 saturated heterocycles. The summed E-state index contributed by atoms with van der Waals surface area (Å²) in [5, 5.41) is 0. The van der Waals surface area contributed by atoms with Gasteiger partial charge in [-0.05, 0) is 17.5 Å². The number of fused-ring (bicyclic) bond motifs is 3. The molecule has 1 aromatic carbocycles. The molecule has 2 heteroatoms. The van der Waals surface area contributed by atoms with Gasteiger partial charge in [-0.2, -0.15) is 0 Å². The molecule has 90 valence electrons. The Hall–Kier alpha value is -0.863. The third-order valence-corrected chi connectivity index (χ3v) is 4.97. The molecule has 0 spiro atoms. The van der Waals surface area contributed by atoms with Gasteiger partial charge in [0, 0.05) is 12.6 Å². The van der Waals surface area contributed by atoms with E-state index in [9.17, 15) is 0 Å². The van der Waals surface area contributed by atoms with E-state index in [0.29, 0.717) is 12.1 Å². The first-order valence-corrected chi connectivity index (χ1v) is 10.2. The average Bonchev–Trinajstić information content (AvgIpc) is 2.99. The van der Waals surface area contributed by atoms with Gasteiger partial charge in [-0.1, -0.05) is 55.7 Å². The van der Waals surface area contributed by atoms with Gasteiger partial charge in [-0.15, -0.1) is 0 Å². The van der Waals surface area contributed by atoms with Crippen molar-refractivity contribution in [1.29, 1.82) is 0 Å². The van der Waals surface area contributed by atoms with Gasteiger partial charge in [0.15, 0.2) is 0 Å². The lowest BCUT2D eigenvalue weighted by atomic mass is 9.99. The van der Waals surface area contributed by atoms with Crippen LogP contribution in [0, 0.1) is 0 Å². The zero-order valence-corrected chi connectivity index (χ0v) is 12.0. The minimum atomic E-state index is -1.04. The summed E-state index contributed by atoms with van der Waals surface area (Å²) in [7, 11) is -1.04. The summed E-state index contributed by atoms with van der Waals surface area (Å²) in [6.45, 7) is 8.44. The standard InChI is InChI=1S/C15H21NSi/c1-17(2,3)11-9-14-15-13-7-5-4-6-12(13)8-10-16(14)15/h4-7,9,11,14-15H,8,10H2,1-3H3/b11-9+/t14-,15-,16?/m0/s1. The van der Waals surface area contributed by atoms with Crippen LogP contribution in [-0.4, -0.2) is 25.6 Å². The summed E-state index contributed by atoms with van der Waals surface area (Å²) in [6.07, 6.45) is 3.70. The SMILES string of the molecule is C[Si](C)(C)/C=C/[C@H]1[C@@H]2c3ccccc3CCN12. The van der Waals surface area contributed by atoms with Crippen molar-refractivity contribution < 1.29 is 0 Å². The van der Waals surface area contributed by atoms with E-state index in [1.54, 1.807) is 11.1 Å². The molecule has 0 saturated carbocycles. The van der Waals surface area contributed by atoms with Crippen LogP contribution in [0.5, 0.6) is 0 Å². The maximum absolute atomic E-state index is 2.62. The number of hydrogen-bond donors (Lipinski definition) is 0. The van der Waals surface area contributed by atoms with Gasteiger partial charge in [0.25, 0.3) is 0 Å². The normalized spacial score (nSPS) is 31.1. The molecule has 1 unspecified atom stereocenters. The molecule has 0 bridgehead atoms. The van der Waals surface area contributed by atoms with Gasteiger partial charge < -0.3 is 0 Å². The highest BCUT2D eigenvalue weighted by Crippen LogP contribution is 2.48. The Bertz CT molecular complexity index is 458. The van der Waals surface area contributed by atoms with Crippen LogP contribution >= 0.6 is 0 Å². The zero-order chi connectivity index (χ0) is 12.0. The van der Waals surface area contributed by atoms with Crippen molar-refractivity contribution in [3.8, 4) is 0 Å². The Morgan fingerprint density at radius 2 is 2.00 bits per heavy atom. The monoisotopic (exact) mass is 243 g/mol. The first-order chi connectivity index (χ1) is 8.06. The lowest BCUT2D eigenvalue weighted by Crippen LogP contribution is -2.16. The first-order valence-electron chi connectivity index (χ1n) is 6.59. The fourth-order valence-corrected chi connectivity index (χ4v) is 3.62. The average molecular weight is 243 g/mol. The molecule has 0 aliphatic carbocycles. The van der Waals surface area contributed by atoms with Crippen molar-refractivity contribution >= 4 is 8.07 Å². The third-order valence-electron chi connectivity index (χ3n) is 3.78. The molecule has 0 N–H and O–H groups in total. The van der Waals surface area contributed by atoms with E-state index in [0.717, 1.165) is 0 Å². The van der Waals surface area contributed by atoms with Gasteiger partial charge in [0.2, 0.25) is 0 Å². The summed E-state index contributed by atoms with van der Waals surface area (Å²) in [5.74, 6) is 0. The quantitative estimate of drug-likeness (QED) is 0.568. The molecule has 0 aromatic heterocycles. The fraction of sp³-hybridized carbons (Fsp3) is 0.467. The summed E-state index contributed by atoms with van der Waals surface area (Å²) >= 11 is 0. The largest absolute Gasteiger partial charge is 0.286 e. The Kier molecular flexibility index (Phi) is 2.53. The summed E-state index contributed by atoms with van der Waals surface area (Å²) in [6, 6.07) is 10.3. The van der Waals surface area contributed by atoms with Crippen molar-refractivity contribution in [3.05, 3.63) is 47.2 Å². The molecule has 3 rings (SSSR count). The maximum Gasteiger partial charge on any atom is 0.0683 e. The van der Waals surface area contributed by atoms with Crippen LogP contribution < -0.4 is 0 Å². The molecule has 2 heterocycles. The first kappa shape index (κ1) is 11.2. The van der Waals surface area contributed by atoms with Crippen LogP contribution in [0.1, 0.15) is 17.2 Å². The Morgan fingerprint density at radius 3 is 2.76 bits per heavy atom. The second-order valence-electron chi connectivity index (χ2n) is 6.35. The highest BCUT2D eigenvalue weighted by atomic mass is 28.3. The second-order valence-corrected chi connectivity index (χ2v) is 11.4. The molecular weight excluding hydrogens is 222 g/mol. The van der Waals surface area contributed by atoms with Crippen LogP contribution in [0.15, 0.2) is 36.0 Å². The molecule has 1 nitrogen and oxygen atoms in total. The summed E-state index contributed by atoms with van der Waals surface area (Å²) in [4.78, 5) is 2.62. The predicted molar refractivity (Wildman–Crippen MR) is 75.9 cm³/mol. The fourth-order valence-electron chi connectivity index (χ4n) is 2.85. The van der Waals surface area contributed by atoms with E-state index < -0.39 is 8.07 Å². The second kappa shape index (κ2) is 3.82. The van der Waals surface area contributed by atoms with Gasteiger partial charge in [-0.3, -0.25) is 4.90 Å². The van der Waals surface area contributed by atoms with Crippen LogP contribution in [0.2, 0.25) is 19.6 Å². The number of nitrogens with zero attached hydrogens (tertiary/aromatic N) is 1. The molecule has 2 aliphatic heterocycles. The van der Waals surface area contributed by atoms with E-state index in [-0.39, 0.29) is 0 Å². The maximum atomic E-state index is 2.62. The van der Waals surface area contributed by atoms with Gasteiger partial charge in [0.05, 0.1) is 14.1 Å². The van der Waals surface area contributed by atoms with Crippen LogP contribution in [0.4, 0.5) is 0 Å². The van der Waals surface area contributed by atoms with Crippen LogP contribution in [0.25, 0.3) is 0 Å². The molecular formula is C15H21NSi. The Balaban J connectivity index is 1.81. The number of hydrogen-bond acceptors (Lipinski definition) is 1. The number of benzene rings is 1. The van der Waals surface area contributed by atoms with E-state index in [1.165, 1.54) is 13.0 Å². The minimum Gasteiger partial charge on any atom is -0.286 e. The lowest BCUT2D eigenvalue weighted by Gasteiger charge is -2.14. The van der Waals surface area contributed by atoms with Crippen LogP contribution in [-0.2, 0) is 6.42 Å². The van der Waals surface area contributed by atoms with Gasteiger partial charge >= 0.3 is 0 Å². The lowest BCUT2D eigenvalue weighted by molar-refractivity contribution is 0.480. The van der Waals surface area contributed by atoms with Gasteiger partial charge in [0.1, 0.15) is 0 Å². The smallest absolute Gasteiger partial charge is 0.0683 e. The van der Waals surface area contributed by atoms with Crippen molar-refractivity contribution in [2.24, 2.45) is 0 Å². The molecule has 0 amide bonds. The van der Waals surface area contributed by atoms with Crippen molar-refractivity contribution in [3.63, 3.8) is 0 Å². The topological polar surface area (TPSA) is 3.01 Å². The molecule has 17 heavy (non-hydrogen) atoms. The highest BCUT2D eigenvalue weighted by Gasteiger charge is 2.49.